The van der Waals surface area contributed by atoms with E-state index in [-0.39, 0.29) is 17.2 Å². The zero-order valence-electron chi connectivity index (χ0n) is 17.1. The van der Waals surface area contributed by atoms with Gasteiger partial charge in [-0.1, -0.05) is 30.0 Å². The lowest BCUT2D eigenvalue weighted by Crippen LogP contribution is -2.29. The van der Waals surface area contributed by atoms with Crippen LogP contribution in [0.15, 0.2) is 47.6 Å². The van der Waals surface area contributed by atoms with E-state index in [0.29, 0.717) is 16.7 Å². The average molecular weight is 445 g/mol. The van der Waals surface area contributed by atoms with Gasteiger partial charge in [0.25, 0.3) is 5.91 Å². The fourth-order valence-corrected chi connectivity index (χ4v) is 3.58. The Hall–Kier alpha value is -3.27. The van der Waals surface area contributed by atoms with Crippen LogP contribution in [0, 0.1) is 18.6 Å². The van der Waals surface area contributed by atoms with Gasteiger partial charge >= 0.3 is 0 Å². The Balaban J connectivity index is 1.60. The second kappa shape index (κ2) is 9.69. The van der Waals surface area contributed by atoms with Crippen LogP contribution in [0.3, 0.4) is 0 Å². The molecule has 0 aliphatic carbocycles. The van der Waals surface area contributed by atoms with Gasteiger partial charge in [-0.25, -0.2) is 8.78 Å². The fraction of sp³-hybridized carbons (Fsp3) is 0.238. The third-order valence-corrected chi connectivity index (χ3v) is 5.55. The highest BCUT2D eigenvalue weighted by atomic mass is 32.2. The molecule has 0 aliphatic rings. The molecule has 1 heterocycles. The van der Waals surface area contributed by atoms with Gasteiger partial charge in [0.15, 0.2) is 11.0 Å². The third kappa shape index (κ3) is 5.46. The maximum absolute atomic E-state index is 13.8. The maximum atomic E-state index is 13.8. The number of anilines is 1. The van der Waals surface area contributed by atoms with E-state index in [1.165, 1.54) is 30.3 Å². The summed E-state index contributed by atoms with van der Waals surface area (Å²) in [5, 5.41) is 14.0. The summed E-state index contributed by atoms with van der Waals surface area (Å²) in [6.07, 6.45) is 0. The van der Waals surface area contributed by atoms with E-state index < -0.39 is 23.6 Å². The predicted octanol–water partition coefficient (Wildman–Crippen LogP) is 3.62. The largest absolute Gasteiger partial charge is 0.342 e. The minimum Gasteiger partial charge on any atom is -0.342 e. The molecule has 2 aromatic carbocycles. The fourth-order valence-electron chi connectivity index (χ4n) is 2.86. The lowest BCUT2D eigenvalue weighted by atomic mass is 10.2. The average Bonchev–Trinajstić information content (AvgIpc) is 3.10. The molecule has 3 rings (SSSR count). The monoisotopic (exact) mass is 445 g/mol. The van der Waals surface area contributed by atoms with Crippen molar-refractivity contribution in [3.63, 3.8) is 0 Å². The van der Waals surface area contributed by atoms with Crippen LogP contribution in [0.4, 0.5) is 14.5 Å². The van der Waals surface area contributed by atoms with E-state index in [4.69, 9.17) is 0 Å². The Morgan fingerprint density at radius 1 is 1.16 bits per heavy atom. The van der Waals surface area contributed by atoms with Crippen LogP contribution in [0.5, 0.6) is 0 Å². The standard InChI is InChI=1S/C21H21F2N5O2S/c1-12-8-9-14(22)10-17(12)25-18(29)11-31-21-27-26-19(28(21)3)13(2)24-20(30)15-6-4-5-7-16(15)23/h4-10,13H,11H2,1-3H3,(H,24,30)(H,25,29)/t13-/m0/s1. The summed E-state index contributed by atoms with van der Waals surface area (Å²) < 4.78 is 28.8. The summed E-state index contributed by atoms with van der Waals surface area (Å²) in [6.45, 7) is 3.48. The van der Waals surface area contributed by atoms with Crippen LogP contribution < -0.4 is 10.6 Å². The Morgan fingerprint density at radius 2 is 1.90 bits per heavy atom. The van der Waals surface area contributed by atoms with Crippen molar-refractivity contribution in [2.75, 3.05) is 11.1 Å². The molecule has 0 aliphatic heterocycles. The molecule has 3 aromatic rings. The number of benzene rings is 2. The molecule has 0 spiro atoms. The van der Waals surface area contributed by atoms with Crippen molar-refractivity contribution < 1.29 is 18.4 Å². The maximum Gasteiger partial charge on any atom is 0.254 e. The Bertz CT molecular complexity index is 1120. The van der Waals surface area contributed by atoms with E-state index in [1.807, 2.05) is 0 Å². The SMILES string of the molecule is Cc1ccc(F)cc1NC(=O)CSc1nnc([C@H](C)NC(=O)c2ccccc2F)n1C. The van der Waals surface area contributed by atoms with Gasteiger partial charge in [-0.15, -0.1) is 10.2 Å². The molecular formula is C21H21F2N5O2S. The second-order valence-corrected chi connectivity index (χ2v) is 7.81. The van der Waals surface area contributed by atoms with Gasteiger partial charge in [0, 0.05) is 12.7 Å². The summed E-state index contributed by atoms with van der Waals surface area (Å²) in [4.78, 5) is 24.5. The minimum absolute atomic E-state index is 0.0396. The van der Waals surface area contributed by atoms with E-state index in [2.05, 4.69) is 20.8 Å². The van der Waals surface area contributed by atoms with E-state index in [0.717, 1.165) is 17.3 Å². The molecule has 0 fully saturated rings. The summed E-state index contributed by atoms with van der Waals surface area (Å²) >= 11 is 1.15. The molecular weight excluding hydrogens is 424 g/mol. The Morgan fingerprint density at radius 3 is 2.65 bits per heavy atom. The van der Waals surface area contributed by atoms with Crippen molar-refractivity contribution in [1.29, 1.82) is 0 Å². The highest BCUT2D eigenvalue weighted by Gasteiger charge is 2.20. The number of hydrogen-bond donors (Lipinski definition) is 2. The number of aryl methyl sites for hydroxylation is 1. The number of carbonyl (C=O) groups is 2. The van der Waals surface area contributed by atoms with Gasteiger partial charge in [0.05, 0.1) is 17.4 Å². The molecule has 1 atom stereocenters. The summed E-state index contributed by atoms with van der Waals surface area (Å²) in [5.74, 6) is -1.43. The summed E-state index contributed by atoms with van der Waals surface area (Å²) in [6, 6.07) is 9.34. The zero-order chi connectivity index (χ0) is 22.5. The second-order valence-electron chi connectivity index (χ2n) is 6.87. The zero-order valence-corrected chi connectivity index (χ0v) is 18.0. The van der Waals surface area contributed by atoms with Crippen LogP contribution in [-0.2, 0) is 11.8 Å². The van der Waals surface area contributed by atoms with Crippen LogP contribution in [0.1, 0.15) is 34.7 Å². The number of halogens is 2. The molecule has 162 valence electrons. The number of carbonyl (C=O) groups excluding carboxylic acids is 2. The number of nitrogens with one attached hydrogen (secondary N) is 2. The van der Waals surface area contributed by atoms with Crippen molar-refractivity contribution in [1.82, 2.24) is 20.1 Å². The van der Waals surface area contributed by atoms with Gasteiger partial charge in [0.2, 0.25) is 5.91 Å². The first-order valence-corrected chi connectivity index (χ1v) is 10.4. The smallest absolute Gasteiger partial charge is 0.254 e. The van der Waals surface area contributed by atoms with Gasteiger partial charge in [-0.05, 0) is 43.7 Å². The molecule has 2 N–H and O–H groups in total. The molecule has 0 saturated carbocycles. The number of hydrogen-bond acceptors (Lipinski definition) is 5. The number of amides is 2. The van der Waals surface area contributed by atoms with E-state index in [9.17, 15) is 18.4 Å². The first-order valence-electron chi connectivity index (χ1n) is 9.39. The minimum atomic E-state index is -0.610. The van der Waals surface area contributed by atoms with E-state index >= 15 is 0 Å². The van der Waals surface area contributed by atoms with Crippen molar-refractivity contribution in [2.24, 2.45) is 7.05 Å². The lowest BCUT2D eigenvalue weighted by Gasteiger charge is -2.14. The first-order chi connectivity index (χ1) is 14.8. The molecule has 1 aromatic heterocycles. The van der Waals surface area contributed by atoms with Crippen LogP contribution in [0.2, 0.25) is 0 Å². The van der Waals surface area contributed by atoms with Gasteiger partial charge in [-0.2, -0.15) is 0 Å². The lowest BCUT2D eigenvalue weighted by molar-refractivity contribution is -0.113. The van der Waals surface area contributed by atoms with Crippen LogP contribution in [0.25, 0.3) is 0 Å². The van der Waals surface area contributed by atoms with Crippen molar-refractivity contribution in [2.45, 2.75) is 25.0 Å². The quantitative estimate of drug-likeness (QED) is 0.542. The highest BCUT2D eigenvalue weighted by molar-refractivity contribution is 7.99. The molecule has 0 bridgehead atoms. The molecule has 0 unspecified atom stereocenters. The van der Waals surface area contributed by atoms with Crippen LogP contribution >= 0.6 is 11.8 Å². The van der Waals surface area contributed by atoms with Crippen molar-refractivity contribution in [3.8, 4) is 0 Å². The van der Waals surface area contributed by atoms with Gasteiger partial charge in [0.1, 0.15) is 11.6 Å². The van der Waals surface area contributed by atoms with Crippen molar-refractivity contribution in [3.05, 3.63) is 71.1 Å². The van der Waals surface area contributed by atoms with Crippen LogP contribution in [-0.4, -0.2) is 32.3 Å². The molecule has 0 radical (unpaired) electrons. The van der Waals surface area contributed by atoms with E-state index in [1.54, 1.807) is 37.6 Å². The molecule has 31 heavy (non-hydrogen) atoms. The number of thioether (sulfide) groups is 1. The normalized spacial score (nSPS) is 11.8. The number of aromatic nitrogens is 3. The first kappa shape index (κ1) is 22.4. The van der Waals surface area contributed by atoms with Crippen molar-refractivity contribution >= 4 is 29.3 Å². The topological polar surface area (TPSA) is 88.9 Å². The number of nitrogens with zero attached hydrogens (tertiary/aromatic N) is 3. The Labute approximate surface area is 182 Å². The summed E-state index contributed by atoms with van der Waals surface area (Å²) in [5.41, 5.74) is 1.10. The number of rotatable bonds is 7. The predicted molar refractivity (Wildman–Crippen MR) is 114 cm³/mol. The molecule has 7 nitrogen and oxygen atoms in total. The Kier molecular flexibility index (Phi) is 7.01. The highest BCUT2D eigenvalue weighted by Crippen LogP contribution is 2.21. The molecule has 0 saturated heterocycles. The molecule has 2 amide bonds. The van der Waals surface area contributed by atoms with Gasteiger partial charge in [-0.3, -0.25) is 9.59 Å². The third-order valence-electron chi connectivity index (χ3n) is 4.53. The van der Waals surface area contributed by atoms with Gasteiger partial charge < -0.3 is 15.2 Å². The summed E-state index contributed by atoms with van der Waals surface area (Å²) in [7, 11) is 1.71. The molecule has 10 heteroatoms.